The SMILES string of the molecule is CCN(CCCNC(=O)c1c(C)nn(-c2ccc(F)cc2)c1Cl)c1ccccc1. The number of carbonyl (C=O) groups excluding carboxylic acids is 1. The minimum atomic E-state index is -0.344. The number of nitrogens with one attached hydrogen (secondary N) is 1. The van der Waals surface area contributed by atoms with Crippen LogP contribution >= 0.6 is 11.6 Å². The Balaban J connectivity index is 1.60. The van der Waals surface area contributed by atoms with Crippen molar-refractivity contribution in [1.29, 1.82) is 0 Å². The van der Waals surface area contributed by atoms with Gasteiger partial charge in [0.15, 0.2) is 0 Å². The number of para-hydroxylation sites is 1. The summed E-state index contributed by atoms with van der Waals surface area (Å²) in [5.74, 6) is -0.605. The van der Waals surface area contributed by atoms with Gasteiger partial charge in [-0.1, -0.05) is 29.8 Å². The number of rotatable bonds is 8. The minimum absolute atomic E-state index is 0.214. The number of aromatic nitrogens is 2. The number of nitrogens with zero attached hydrogens (tertiary/aromatic N) is 3. The molecule has 5 nitrogen and oxygen atoms in total. The van der Waals surface area contributed by atoms with Gasteiger partial charge in [0.25, 0.3) is 5.91 Å². The van der Waals surface area contributed by atoms with Crippen molar-refractivity contribution in [3.05, 3.63) is 76.8 Å². The number of hydrogen-bond donors (Lipinski definition) is 1. The third-order valence-electron chi connectivity index (χ3n) is 4.70. The summed E-state index contributed by atoms with van der Waals surface area (Å²) in [5.41, 5.74) is 2.63. The summed E-state index contributed by atoms with van der Waals surface area (Å²) < 4.78 is 14.6. The van der Waals surface area contributed by atoms with Gasteiger partial charge in [0.1, 0.15) is 11.0 Å². The fourth-order valence-electron chi connectivity index (χ4n) is 3.18. The first-order valence-electron chi connectivity index (χ1n) is 9.60. The van der Waals surface area contributed by atoms with Crippen LogP contribution in [0.3, 0.4) is 0 Å². The van der Waals surface area contributed by atoms with E-state index in [4.69, 9.17) is 11.6 Å². The summed E-state index contributed by atoms with van der Waals surface area (Å²) in [6, 6.07) is 16.0. The summed E-state index contributed by atoms with van der Waals surface area (Å²) in [7, 11) is 0. The molecule has 1 N–H and O–H groups in total. The molecule has 0 bridgehead atoms. The highest BCUT2D eigenvalue weighted by atomic mass is 35.5. The van der Waals surface area contributed by atoms with Crippen molar-refractivity contribution in [2.45, 2.75) is 20.3 Å². The number of amides is 1. The van der Waals surface area contributed by atoms with E-state index in [1.54, 1.807) is 19.1 Å². The lowest BCUT2D eigenvalue weighted by molar-refractivity contribution is 0.0953. The maximum absolute atomic E-state index is 13.1. The van der Waals surface area contributed by atoms with Crippen LogP contribution < -0.4 is 10.2 Å². The van der Waals surface area contributed by atoms with Gasteiger partial charge in [-0.15, -0.1) is 0 Å². The van der Waals surface area contributed by atoms with Crippen molar-refractivity contribution in [2.75, 3.05) is 24.5 Å². The van der Waals surface area contributed by atoms with E-state index in [0.717, 1.165) is 19.5 Å². The average molecular weight is 415 g/mol. The highest BCUT2D eigenvalue weighted by Crippen LogP contribution is 2.23. The van der Waals surface area contributed by atoms with Crippen LogP contribution in [-0.2, 0) is 0 Å². The monoisotopic (exact) mass is 414 g/mol. The van der Waals surface area contributed by atoms with Crippen LogP contribution in [0, 0.1) is 12.7 Å². The van der Waals surface area contributed by atoms with Crippen molar-refractivity contribution >= 4 is 23.2 Å². The molecule has 0 fully saturated rings. The highest BCUT2D eigenvalue weighted by Gasteiger charge is 2.21. The maximum atomic E-state index is 13.1. The first-order valence-corrected chi connectivity index (χ1v) is 9.98. The molecule has 0 radical (unpaired) electrons. The van der Waals surface area contributed by atoms with Gasteiger partial charge in [-0.2, -0.15) is 5.10 Å². The Bertz CT molecular complexity index is 957. The van der Waals surface area contributed by atoms with E-state index in [1.165, 1.54) is 22.5 Å². The molecule has 29 heavy (non-hydrogen) atoms. The standard InChI is InChI=1S/C22H24ClFN4O/c1-3-27(18-8-5-4-6-9-18)15-7-14-25-22(29)20-16(2)26-28(21(20)23)19-12-10-17(24)11-13-19/h4-6,8-13H,3,7,14-15H2,1-2H3,(H,25,29). The molecule has 3 aromatic rings. The van der Waals surface area contributed by atoms with Gasteiger partial charge in [0.2, 0.25) is 0 Å². The Morgan fingerprint density at radius 2 is 1.86 bits per heavy atom. The Kier molecular flexibility index (Phi) is 6.88. The second-order valence-corrected chi connectivity index (χ2v) is 7.02. The number of aryl methyl sites for hydroxylation is 1. The van der Waals surface area contributed by atoms with Crippen LogP contribution in [0.25, 0.3) is 5.69 Å². The molecule has 0 saturated heterocycles. The largest absolute Gasteiger partial charge is 0.372 e. The average Bonchev–Trinajstić information content (AvgIpc) is 3.03. The molecular weight excluding hydrogens is 391 g/mol. The Labute approximate surface area is 175 Å². The van der Waals surface area contributed by atoms with E-state index in [0.29, 0.717) is 23.5 Å². The van der Waals surface area contributed by atoms with E-state index >= 15 is 0 Å². The van der Waals surface area contributed by atoms with Crippen LogP contribution in [0.5, 0.6) is 0 Å². The molecule has 1 heterocycles. The molecule has 0 atom stereocenters. The number of carbonyl (C=O) groups is 1. The van der Waals surface area contributed by atoms with Gasteiger partial charge in [-0.25, -0.2) is 9.07 Å². The molecule has 1 amide bonds. The summed E-state index contributed by atoms with van der Waals surface area (Å²) in [6.07, 6.45) is 0.803. The first-order chi connectivity index (χ1) is 14.0. The lowest BCUT2D eigenvalue weighted by Gasteiger charge is -2.23. The first kappa shape index (κ1) is 20.9. The van der Waals surface area contributed by atoms with Crippen LogP contribution in [0.15, 0.2) is 54.6 Å². The molecule has 0 aliphatic heterocycles. The topological polar surface area (TPSA) is 50.2 Å². The Morgan fingerprint density at radius 3 is 2.52 bits per heavy atom. The van der Waals surface area contributed by atoms with E-state index < -0.39 is 0 Å². The summed E-state index contributed by atoms with van der Waals surface area (Å²) in [4.78, 5) is 14.9. The third-order valence-corrected chi connectivity index (χ3v) is 5.04. The van der Waals surface area contributed by atoms with E-state index in [2.05, 4.69) is 34.4 Å². The van der Waals surface area contributed by atoms with Gasteiger partial charge in [-0.05, 0) is 56.7 Å². The predicted molar refractivity (Wildman–Crippen MR) is 115 cm³/mol. The second-order valence-electron chi connectivity index (χ2n) is 6.66. The fraction of sp³-hybridized carbons (Fsp3) is 0.273. The van der Waals surface area contributed by atoms with Crippen molar-refractivity contribution in [1.82, 2.24) is 15.1 Å². The van der Waals surface area contributed by atoms with E-state index in [1.807, 2.05) is 18.2 Å². The molecule has 0 aliphatic carbocycles. The zero-order chi connectivity index (χ0) is 20.8. The molecule has 2 aromatic carbocycles. The molecule has 152 valence electrons. The molecule has 0 spiro atoms. The molecule has 0 unspecified atom stereocenters. The van der Waals surface area contributed by atoms with Gasteiger partial charge in [0.05, 0.1) is 16.9 Å². The van der Waals surface area contributed by atoms with Crippen molar-refractivity contribution in [2.24, 2.45) is 0 Å². The zero-order valence-corrected chi connectivity index (χ0v) is 17.3. The van der Waals surface area contributed by atoms with Gasteiger partial charge >= 0.3 is 0 Å². The fourth-order valence-corrected chi connectivity index (χ4v) is 3.54. The van der Waals surface area contributed by atoms with Crippen LogP contribution in [0.4, 0.5) is 10.1 Å². The van der Waals surface area contributed by atoms with Gasteiger partial charge < -0.3 is 10.2 Å². The summed E-state index contributed by atoms with van der Waals surface area (Å²) in [5, 5.41) is 7.47. The highest BCUT2D eigenvalue weighted by molar-refractivity contribution is 6.33. The van der Waals surface area contributed by atoms with Gasteiger partial charge in [0, 0.05) is 25.3 Å². The van der Waals surface area contributed by atoms with E-state index in [9.17, 15) is 9.18 Å². The number of hydrogen-bond acceptors (Lipinski definition) is 3. The van der Waals surface area contributed by atoms with Crippen molar-refractivity contribution in [3.8, 4) is 5.69 Å². The van der Waals surface area contributed by atoms with E-state index in [-0.39, 0.29) is 16.9 Å². The summed E-state index contributed by atoms with van der Waals surface area (Å²) >= 11 is 6.40. The molecule has 7 heteroatoms. The van der Waals surface area contributed by atoms with Crippen LogP contribution in [0.2, 0.25) is 5.15 Å². The molecular formula is C22H24ClFN4O. The zero-order valence-electron chi connectivity index (χ0n) is 16.5. The molecule has 3 rings (SSSR count). The quantitative estimate of drug-likeness (QED) is 0.547. The van der Waals surface area contributed by atoms with Crippen molar-refractivity contribution in [3.63, 3.8) is 0 Å². The Morgan fingerprint density at radius 1 is 1.17 bits per heavy atom. The lowest BCUT2D eigenvalue weighted by atomic mass is 10.2. The maximum Gasteiger partial charge on any atom is 0.256 e. The minimum Gasteiger partial charge on any atom is -0.372 e. The van der Waals surface area contributed by atoms with Crippen molar-refractivity contribution < 1.29 is 9.18 Å². The molecule has 0 saturated carbocycles. The predicted octanol–water partition coefficient (Wildman–Crippen LogP) is 4.62. The van der Waals surface area contributed by atoms with Gasteiger partial charge in [-0.3, -0.25) is 4.79 Å². The number of benzene rings is 2. The van der Waals surface area contributed by atoms with Crippen LogP contribution in [0.1, 0.15) is 29.4 Å². The smallest absolute Gasteiger partial charge is 0.256 e. The Hall–Kier alpha value is -2.86. The molecule has 1 aromatic heterocycles. The number of anilines is 1. The second kappa shape index (κ2) is 9.56. The van der Waals surface area contributed by atoms with Crippen LogP contribution in [-0.4, -0.2) is 35.3 Å². The normalized spacial score (nSPS) is 10.8. The lowest BCUT2D eigenvalue weighted by Crippen LogP contribution is -2.30. The number of halogens is 2. The molecule has 0 aliphatic rings. The summed E-state index contributed by atoms with van der Waals surface area (Å²) in [6.45, 7) is 6.10. The third kappa shape index (κ3) is 4.95.